The number of carboxylic acid groups (broad SMARTS) is 1. The number of aliphatic carboxylic acids is 1. The molecule has 5 nitrogen and oxygen atoms in total. The predicted octanol–water partition coefficient (Wildman–Crippen LogP) is -0.178. The van der Waals surface area contributed by atoms with E-state index in [1.54, 1.807) is 0 Å². The molecule has 1 rings (SSSR count). The average molecular weight is 128 g/mol. The Morgan fingerprint density at radius 2 is 2.00 bits per heavy atom. The first kappa shape index (κ1) is 5.87. The Bertz CT molecular complexity index is 180. The molecule has 0 aromatic heterocycles. The number of hydrogen-bond acceptors (Lipinski definition) is 4. The molecule has 1 aliphatic heterocycles. The van der Waals surface area contributed by atoms with Crippen molar-refractivity contribution in [3.63, 3.8) is 0 Å². The summed E-state index contributed by atoms with van der Waals surface area (Å²) in [5.74, 6) is -1.57. The second-order valence-corrected chi connectivity index (χ2v) is 1.64. The molecule has 5 heteroatoms. The first-order valence-corrected chi connectivity index (χ1v) is 2.34. The third kappa shape index (κ3) is 1.60. The maximum atomic E-state index is 10.4. The number of ketones is 1. The zero-order valence-electron chi connectivity index (χ0n) is 4.44. The van der Waals surface area contributed by atoms with Crippen molar-refractivity contribution < 1.29 is 14.7 Å². The van der Waals surface area contributed by atoms with Crippen LogP contribution in [-0.4, -0.2) is 23.0 Å². The molecule has 0 atom stereocenters. The van der Waals surface area contributed by atoms with Crippen molar-refractivity contribution in [2.45, 2.75) is 12.6 Å². The van der Waals surface area contributed by atoms with Gasteiger partial charge in [0.05, 0.1) is 0 Å². The standard InChI is InChI=1S/C4H4N2O3/c7-2(1-3(8)9)4-5-6-4/h4H,1H2,(H,8,9). The second-order valence-electron chi connectivity index (χ2n) is 1.64. The second kappa shape index (κ2) is 1.93. The van der Waals surface area contributed by atoms with E-state index in [2.05, 4.69) is 10.2 Å². The van der Waals surface area contributed by atoms with Crippen molar-refractivity contribution in [3.05, 3.63) is 0 Å². The lowest BCUT2D eigenvalue weighted by molar-refractivity contribution is -0.140. The van der Waals surface area contributed by atoms with E-state index < -0.39 is 24.3 Å². The Kier molecular flexibility index (Phi) is 1.26. The van der Waals surface area contributed by atoms with E-state index in [1.165, 1.54) is 0 Å². The minimum Gasteiger partial charge on any atom is -0.481 e. The number of nitrogens with zero attached hydrogens (tertiary/aromatic N) is 2. The van der Waals surface area contributed by atoms with E-state index >= 15 is 0 Å². The van der Waals surface area contributed by atoms with Crippen LogP contribution in [0.25, 0.3) is 0 Å². The molecular formula is C4H4N2O3. The topological polar surface area (TPSA) is 79.1 Å². The van der Waals surface area contributed by atoms with Crippen molar-refractivity contribution in [2.24, 2.45) is 10.2 Å². The van der Waals surface area contributed by atoms with E-state index in [0.29, 0.717) is 0 Å². The smallest absolute Gasteiger partial charge is 0.311 e. The number of carbonyl (C=O) groups is 2. The van der Waals surface area contributed by atoms with Gasteiger partial charge in [-0.1, -0.05) is 0 Å². The third-order valence-corrected chi connectivity index (χ3v) is 0.844. The number of rotatable bonds is 3. The van der Waals surface area contributed by atoms with Crippen LogP contribution in [0.2, 0.25) is 0 Å². The number of carbonyl (C=O) groups excluding carboxylic acids is 1. The van der Waals surface area contributed by atoms with Crippen LogP contribution in [-0.2, 0) is 9.59 Å². The molecule has 0 unspecified atom stereocenters. The van der Waals surface area contributed by atoms with Crippen LogP contribution in [0, 0.1) is 0 Å². The van der Waals surface area contributed by atoms with Gasteiger partial charge in [0.25, 0.3) is 0 Å². The van der Waals surface area contributed by atoms with Gasteiger partial charge < -0.3 is 5.11 Å². The predicted molar refractivity (Wildman–Crippen MR) is 25.9 cm³/mol. The fraction of sp³-hybridized carbons (Fsp3) is 0.500. The quantitative estimate of drug-likeness (QED) is 0.535. The summed E-state index contributed by atoms with van der Waals surface area (Å²) in [5.41, 5.74) is 0. The summed E-state index contributed by atoms with van der Waals surface area (Å²) < 4.78 is 0. The lowest BCUT2D eigenvalue weighted by Gasteiger charge is -1.85. The van der Waals surface area contributed by atoms with Gasteiger partial charge in [-0.2, -0.15) is 10.2 Å². The molecule has 0 radical (unpaired) electrons. The molecule has 9 heavy (non-hydrogen) atoms. The molecular weight excluding hydrogens is 124 g/mol. The molecule has 48 valence electrons. The van der Waals surface area contributed by atoms with Gasteiger partial charge in [0, 0.05) is 0 Å². The zero-order chi connectivity index (χ0) is 6.85. The van der Waals surface area contributed by atoms with Gasteiger partial charge >= 0.3 is 5.97 Å². The lowest BCUT2D eigenvalue weighted by Crippen LogP contribution is -2.11. The lowest BCUT2D eigenvalue weighted by atomic mass is 10.3. The van der Waals surface area contributed by atoms with Crippen molar-refractivity contribution in [1.29, 1.82) is 0 Å². The summed E-state index contributed by atoms with van der Waals surface area (Å²) in [7, 11) is 0. The van der Waals surface area contributed by atoms with Crippen LogP contribution >= 0.6 is 0 Å². The van der Waals surface area contributed by atoms with Crippen LogP contribution in [0.5, 0.6) is 0 Å². The zero-order valence-corrected chi connectivity index (χ0v) is 4.44. The van der Waals surface area contributed by atoms with Gasteiger partial charge in [-0.15, -0.1) is 0 Å². The van der Waals surface area contributed by atoms with Gasteiger partial charge in [0.2, 0.25) is 6.17 Å². The maximum Gasteiger partial charge on any atom is 0.311 e. The van der Waals surface area contributed by atoms with Gasteiger partial charge in [-0.25, -0.2) is 0 Å². The first-order valence-electron chi connectivity index (χ1n) is 2.34. The van der Waals surface area contributed by atoms with Crippen molar-refractivity contribution >= 4 is 11.8 Å². The monoisotopic (exact) mass is 128 g/mol. The van der Waals surface area contributed by atoms with Crippen LogP contribution in [0.1, 0.15) is 6.42 Å². The summed E-state index contributed by atoms with van der Waals surface area (Å²) in [5, 5.41) is 14.6. The molecule has 1 aliphatic rings. The number of hydrogen-bond donors (Lipinski definition) is 1. The summed E-state index contributed by atoms with van der Waals surface area (Å²) in [4.78, 5) is 20.3. The maximum absolute atomic E-state index is 10.4. The Morgan fingerprint density at radius 3 is 2.33 bits per heavy atom. The fourth-order valence-electron chi connectivity index (χ4n) is 0.402. The van der Waals surface area contributed by atoms with E-state index in [0.717, 1.165) is 0 Å². The van der Waals surface area contributed by atoms with Gasteiger partial charge in [-0.3, -0.25) is 9.59 Å². The largest absolute Gasteiger partial charge is 0.481 e. The highest BCUT2D eigenvalue weighted by molar-refractivity contribution is 5.98. The van der Waals surface area contributed by atoms with Crippen LogP contribution < -0.4 is 0 Å². The van der Waals surface area contributed by atoms with E-state index in [1.807, 2.05) is 0 Å². The molecule has 0 bridgehead atoms. The summed E-state index contributed by atoms with van der Waals surface area (Å²) in [6, 6.07) is 0. The number of Topliss-reactive ketones (excluding diaryl/α,β-unsaturated/α-hetero) is 1. The Morgan fingerprint density at radius 1 is 1.44 bits per heavy atom. The van der Waals surface area contributed by atoms with Crippen molar-refractivity contribution in [2.75, 3.05) is 0 Å². The highest BCUT2D eigenvalue weighted by Gasteiger charge is 2.26. The minimum absolute atomic E-state index is 0.442. The summed E-state index contributed by atoms with van der Waals surface area (Å²) in [6.07, 6.45) is -1.14. The van der Waals surface area contributed by atoms with Crippen LogP contribution in [0.3, 0.4) is 0 Å². The summed E-state index contributed by atoms with van der Waals surface area (Å²) >= 11 is 0. The molecule has 0 saturated carbocycles. The molecule has 0 amide bonds. The molecule has 0 aromatic rings. The van der Waals surface area contributed by atoms with Crippen molar-refractivity contribution in [3.8, 4) is 0 Å². The molecule has 1 heterocycles. The third-order valence-electron chi connectivity index (χ3n) is 0.844. The summed E-state index contributed by atoms with van der Waals surface area (Å²) in [6.45, 7) is 0. The molecule has 0 saturated heterocycles. The average Bonchev–Trinajstić information content (AvgIpc) is 2.40. The van der Waals surface area contributed by atoms with Crippen LogP contribution in [0.4, 0.5) is 0 Å². The molecule has 0 spiro atoms. The minimum atomic E-state index is -1.13. The highest BCUT2D eigenvalue weighted by Crippen LogP contribution is 2.12. The number of carboxylic acids is 1. The van der Waals surface area contributed by atoms with Crippen molar-refractivity contribution in [1.82, 2.24) is 0 Å². The Balaban J connectivity index is 2.26. The van der Waals surface area contributed by atoms with Gasteiger partial charge in [0.15, 0.2) is 5.78 Å². The van der Waals surface area contributed by atoms with Gasteiger partial charge in [0.1, 0.15) is 6.42 Å². The van der Waals surface area contributed by atoms with Gasteiger partial charge in [-0.05, 0) is 0 Å². The van der Waals surface area contributed by atoms with Crippen LogP contribution in [0.15, 0.2) is 10.2 Å². The Labute approximate surface area is 50.4 Å². The van der Waals surface area contributed by atoms with E-state index in [4.69, 9.17) is 5.11 Å². The highest BCUT2D eigenvalue weighted by atomic mass is 16.4. The molecule has 0 fully saturated rings. The SMILES string of the molecule is O=C(O)CC(=O)C1N=N1. The molecule has 0 aromatic carbocycles. The molecule has 0 aliphatic carbocycles. The van der Waals surface area contributed by atoms with E-state index in [-0.39, 0.29) is 0 Å². The molecule has 1 N–H and O–H groups in total. The van der Waals surface area contributed by atoms with E-state index in [9.17, 15) is 9.59 Å². The normalized spacial score (nSPS) is 15.6. The Hall–Kier alpha value is -1.26. The first-order chi connectivity index (χ1) is 4.20. The fourth-order valence-corrected chi connectivity index (χ4v) is 0.402.